The monoisotopic (exact) mass is 250 g/mol. The van der Waals surface area contributed by atoms with Crippen molar-refractivity contribution in [2.75, 3.05) is 7.11 Å². The molecule has 0 atom stereocenters. The summed E-state index contributed by atoms with van der Waals surface area (Å²) in [5.74, 6) is -1.49. The van der Waals surface area contributed by atoms with Crippen molar-refractivity contribution >= 4 is 5.97 Å². The van der Waals surface area contributed by atoms with Crippen LogP contribution in [0.25, 0.3) is 0 Å². The third-order valence-corrected chi connectivity index (χ3v) is 2.52. The molecule has 18 heavy (non-hydrogen) atoms. The van der Waals surface area contributed by atoms with E-state index in [1.807, 2.05) is 0 Å². The van der Waals surface area contributed by atoms with E-state index in [0.29, 0.717) is 5.56 Å². The van der Waals surface area contributed by atoms with Crippen molar-refractivity contribution in [2.45, 2.75) is 6.54 Å². The molecule has 0 radical (unpaired) electrons. The molecule has 0 amide bonds. The largest absolute Gasteiger partial charge is 0.494 e. The zero-order valence-electron chi connectivity index (χ0n) is 9.63. The number of hydrogen-bond donors (Lipinski definition) is 1. The molecule has 0 saturated heterocycles. The number of methoxy groups -OCH3 is 1. The normalized spacial score (nSPS) is 10.3. The average molecular weight is 250 g/mol. The van der Waals surface area contributed by atoms with Gasteiger partial charge in [0.25, 0.3) is 0 Å². The number of rotatable bonds is 4. The maximum absolute atomic E-state index is 13.9. The summed E-state index contributed by atoms with van der Waals surface area (Å²) in [5.41, 5.74) is 0.331. The van der Waals surface area contributed by atoms with Gasteiger partial charge in [0.05, 0.1) is 13.7 Å². The Labute approximate surface area is 102 Å². The first-order chi connectivity index (χ1) is 8.63. The Morgan fingerprint density at radius 2 is 2.28 bits per heavy atom. The fraction of sp³-hybridized carbons (Fsp3) is 0.167. The highest BCUT2D eigenvalue weighted by Gasteiger charge is 2.14. The predicted octanol–water partition coefficient (Wildman–Crippen LogP) is 1.78. The van der Waals surface area contributed by atoms with Crippen LogP contribution in [0.3, 0.4) is 0 Å². The van der Waals surface area contributed by atoms with Crippen LogP contribution >= 0.6 is 0 Å². The number of hydrogen-bond acceptors (Lipinski definition) is 3. The number of ether oxygens (including phenoxy) is 1. The van der Waals surface area contributed by atoms with Crippen molar-refractivity contribution in [1.82, 2.24) is 9.78 Å². The van der Waals surface area contributed by atoms with Gasteiger partial charge in [-0.2, -0.15) is 5.10 Å². The van der Waals surface area contributed by atoms with Crippen molar-refractivity contribution in [3.05, 3.63) is 47.5 Å². The lowest BCUT2D eigenvalue weighted by Crippen LogP contribution is -2.12. The molecule has 0 fully saturated rings. The van der Waals surface area contributed by atoms with Crippen LogP contribution in [0.1, 0.15) is 16.1 Å². The molecule has 0 aliphatic heterocycles. The van der Waals surface area contributed by atoms with Crippen LogP contribution in [0.5, 0.6) is 5.75 Å². The number of aromatic carboxylic acids is 1. The number of carboxylic acid groups (broad SMARTS) is 1. The van der Waals surface area contributed by atoms with Crippen LogP contribution in [0.4, 0.5) is 4.39 Å². The van der Waals surface area contributed by atoms with Crippen molar-refractivity contribution in [3.8, 4) is 5.75 Å². The summed E-state index contributed by atoms with van der Waals surface area (Å²) in [5, 5.41) is 12.8. The number of halogens is 1. The van der Waals surface area contributed by atoms with Gasteiger partial charge in [0.15, 0.2) is 11.6 Å². The molecule has 0 unspecified atom stereocenters. The summed E-state index contributed by atoms with van der Waals surface area (Å²) in [4.78, 5) is 10.9. The van der Waals surface area contributed by atoms with E-state index in [2.05, 4.69) is 5.10 Å². The molecule has 0 aliphatic carbocycles. The Balaban J connectivity index is 2.34. The molecule has 5 nitrogen and oxygen atoms in total. The number of nitrogens with zero attached hydrogens (tertiary/aromatic N) is 2. The molecule has 1 N–H and O–H groups in total. The van der Waals surface area contributed by atoms with Gasteiger partial charge in [0, 0.05) is 11.8 Å². The van der Waals surface area contributed by atoms with E-state index in [4.69, 9.17) is 9.84 Å². The summed E-state index contributed by atoms with van der Waals surface area (Å²) in [6.07, 6.45) is 1.36. The number of benzene rings is 1. The first kappa shape index (κ1) is 12.1. The second-order valence-corrected chi connectivity index (χ2v) is 3.61. The molecule has 2 rings (SSSR count). The number of aromatic nitrogens is 2. The Hall–Kier alpha value is -2.37. The molecule has 94 valence electrons. The van der Waals surface area contributed by atoms with Crippen LogP contribution in [-0.2, 0) is 6.54 Å². The van der Waals surface area contributed by atoms with Crippen molar-refractivity contribution in [1.29, 1.82) is 0 Å². The van der Waals surface area contributed by atoms with E-state index < -0.39 is 11.8 Å². The van der Waals surface area contributed by atoms with Crippen LogP contribution in [0.2, 0.25) is 0 Å². The van der Waals surface area contributed by atoms with Gasteiger partial charge < -0.3 is 9.84 Å². The highest BCUT2D eigenvalue weighted by molar-refractivity contribution is 5.85. The second kappa shape index (κ2) is 4.87. The van der Waals surface area contributed by atoms with Gasteiger partial charge in [-0.3, -0.25) is 4.68 Å². The molecule has 6 heteroatoms. The summed E-state index contributed by atoms with van der Waals surface area (Å²) < 4.78 is 20.0. The first-order valence-corrected chi connectivity index (χ1v) is 5.20. The lowest BCUT2D eigenvalue weighted by Gasteiger charge is -2.08. The fourth-order valence-corrected chi connectivity index (χ4v) is 1.64. The third kappa shape index (κ3) is 2.17. The van der Waals surface area contributed by atoms with Gasteiger partial charge in [-0.25, -0.2) is 9.18 Å². The van der Waals surface area contributed by atoms with Gasteiger partial charge >= 0.3 is 5.97 Å². The maximum atomic E-state index is 13.9. The van der Waals surface area contributed by atoms with Gasteiger partial charge in [0.2, 0.25) is 0 Å². The smallest absolute Gasteiger partial charge is 0.354 e. The maximum Gasteiger partial charge on any atom is 0.354 e. The minimum Gasteiger partial charge on any atom is -0.494 e. The zero-order chi connectivity index (χ0) is 13.1. The van der Waals surface area contributed by atoms with Crippen LogP contribution in [0, 0.1) is 5.82 Å². The standard InChI is InChI=1S/C12H11FN2O3/c1-18-10-4-2-3-8(11(10)13)7-15-9(12(16)17)5-6-14-15/h2-6H,7H2,1H3,(H,16,17). The molecule has 2 aromatic rings. The van der Waals surface area contributed by atoms with Gasteiger partial charge in [-0.15, -0.1) is 0 Å². The van der Waals surface area contributed by atoms with Crippen LogP contribution < -0.4 is 4.74 Å². The van der Waals surface area contributed by atoms with E-state index in [1.54, 1.807) is 12.1 Å². The molecule has 1 heterocycles. The lowest BCUT2D eigenvalue weighted by molar-refractivity contribution is 0.0684. The van der Waals surface area contributed by atoms with Gasteiger partial charge in [-0.1, -0.05) is 12.1 Å². The average Bonchev–Trinajstić information content (AvgIpc) is 2.80. The highest BCUT2D eigenvalue weighted by atomic mass is 19.1. The molecule has 1 aromatic heterocycles. The quantitative estimate of drug-likeness (QED) is 0.898. The van der Waals surface area contributed by atoms with Crippen molar-refractivity contribution in [2.24, 2.45) is 0 Å². The Morgan fingerprint density at radius 1 is 1.50 bits per heavy atom. The van der Waals surface area contributed by atoms with Crippen LogP contribution in [0.15, 0.2) is 30.5 Å². The van der Waals surface area contributed by atoms with Gasteiger partial charge in [0.1, 0.15) is 5.69 Å². The minimum atomic E-state index is -1.10. The molecular weight excluding hydrogens is 239 g/mol. The molecule has 0 spiro atoms. The molecular formula is C12H11FN2O3. The summed E-state index contributed by atoms with van der Waals surface area (Å²) >= 11 is 0. The van der Waals surface area contributed by atoms with Crippen LogP contribution in [-0.4, -0.2) is 28.0 Å². The van der Waals surface area contributed by atoms with Crippen molar-refractivity contribution in [3.63, 3.8) is 0 Å². The Morgan fingerprint density at radius 3 is 2.94 bits per heavy atom. The topological polar surface area (TPSA) is 64.4 Å². The zero-order valence-corrected chi connectivity index (χ0v) is 9.63. The summed E-state index contributed by atoms with van der Waals surface area (Å²) in [6.45, 7) is 0.0394. The highest BCUT2D eigenvalue weighted by Crippen LogP contribution is 2.20. The molecule has 1 aromatic carbocycles. The van der Waals surface area contributed by atoms with E-state index in [-0.39, 0.29) is 18.0 Å². The number of carbonyl (C=O) groups is 1. The fourth-order valence-electron chi connectivity index (χ4n) is 1.64. The number of carboxylic acids is 1. The third-order valence-electron chi connectivity index (χ3n) is 2.52. The SMILES string of the molecule is COc1cccc(Cn2nccc2C(=O)O)c1F. The Kier molecular flexibility index (Phi) is 3.27. The molecule has 0 aliphatic rings. The van der Waals surface area contributed by atoms with E-state index >= 15 is 0 Å². The Bertz CT molecular complexity index is 580. The minimum absolute atomic E-state index is 0.0113. The second-order valence-electron chi connectivity index (χ2n) is 3.61. The molecule has 0 bridgehead atoms. The van der Waals surface area contributed by atoms with Crippen molar-refractivity contribution < 1.29 is 19.0 Å². The molecule has 0 saturated carbocycles. The predicted molar refractivity (Wildman–Crippen MR) is 61.2 cm³/mol. The lowest BCUT2D eigenvalue weighted by atomic mass is 10.2. The van der Waals surface area contributed by atoms with E-state index in [1.165, 1.54) is 30.1 Å². The van der Waals surface area contributed by atoms with E-state index in [0.717, 1.165) is 0 Å². The summed E-state index contributed by atoms with van der Waals surface area (Å²) in [7, 11) is 1.37. The van der Waals surface area contributed by atoms with E-state index in [9.17, 15) is 9.18 Å². The summed E-state index contributed by atoms with van der Waals surface area (Å²) in [6, 6.07) is 6.06. The van der Waals surface area contributed by atoms with Gasteiger partial charge in [-0.05, 0) is 12.1 Å². The first-order valence-electron chi connectivity index (χ1n) is 5.20.